The van der Waals surface area contributed by atoms with Crippen molar-refractivity contribution >= 4 is 0 Å². The maximum Gasteiger partial charge on any atom is 0.233 e. The molecule has 74 valence electrons. The van der Waals surface area contributed by atoms with E-state index in [-0.39, 0.29) is 5.88 Å². The van der Waals surface area contributed by atoms with Gasteiger partial charge in [0.05, 0.1) is 0 Å². The predicted octanol–water partition coefficient (Wildman–Crippen LogP) is 2.12. The Kier molecular flexibility index (Phi) is 2.96. The summed E-state index contributed by atoms with van der Waals surface area (Å²) in [5, 5.41) is 13.6. The zero-order valence-electron chi connectivity index (χ0n) is 8.83. The molecule has 13 heavy (non-hydrogen) atoms. The smallest absolute Gasteiger partial charge is 0.233 e. The average Bonchev–Trinajstić information content (AvgIpc) is 2.26. The molecule has 0 unspecified atom stereocenters. The van der Waals surface area contributed by atoms with Crippen molar-refractivity contribution in [2.75, 3.05) is 0 Å². The molecule has 1 aromatic rings. The Morgan fingerprint density at radius 2 is 2.08 bits per heavy atom. The molecule has 3 heteroatoms. The second kappa shape index (κ2) is 3.81. The molecule has 3 nitrogen and oxygen atoms in total. The van der Waals surface area contributed by atoms with Gasteiger partial charge in [-0.25, -0.2) is 0 Å². The van der Waals surface area contributed by atoms with E-state index in [2.05, 4.69) is 18.9 Å². The van der Waals surface area contributed by atoms with Gasteiger partial charge in [0.15, 0.2) is 0 Å². The van der Waals surface area contributed by atoms with Crippen LogP contribution in [-0.2, 0) is 13.0 Å². The summed E-state index contributed by atoms with van der Waals surface area (Å²) >= 11 is 0. The van der Waals surface area contributed by atoms with Crippen LogP contribution in [0.2, 0.25) is 0 Å². The van der Waals surface area contributed by atoms with Crippen LogP contribution in [-0.4, -0.2) is 14.9 Å². The number of nitrogens with zero attached hydrogens (tertiary/aromatic N) is 2. The van der Waals surface area contributed by atoms with Crippen molar-refractivity contribution in [3.8, 4) is 5.88 Å². The second-order valence-corrected chi connectivity index (χ2v) is 3.82. The first-order valence-corrected chi connectivity index (χ1v) is 4.81. The van der Waals surface area contributed by atoms with Gasteiger partial charge in [-0.05, 0) is 19.3 Å². The third-order valence-corrected chi connectivity index (χ3v) is 2.20. The molecule has 0 spiro atoms. The van der Waals surface area contributed by atoms with Gasteiger partial charge in [0.25, 0.3) is 0 Å². The molecule has 1 heterocycles. The molecule has 0 aliphatic carbocycles. The van der Waals surface area contributed by atoms with Crippen molar-refractivity contribution in [2.24, 2.45) is 5.92 Å². The number of aromatic hydroxyl groups is 1. The average molecular weight is 182 g/mol. The van der Waals surface area contributed by atoms with E-state index in [1.54, 1.807) is 0 Å². The molecule has 0 radical (unpaired) electrons. The number of rotatable bonds is 3. The summed E-state index contributed by atoms with van der Waals surface area (Å²) in [6.45, 7) is 9.20. The van der Waals surface area contributed by atoms with Crippen LogP contribution >= 0.6 is 0 Å². The Bertz CT molecular complexity index is 289. The molecular formula is C10H18N2O. The maximum absolute atomic E-state index is 9.49. The van der Waals surface area contributed by atoms with Gasteiger partial charge in [-0.1, -0.05) is 20.8 Å². The van der Waals surface area contributed by atoms with Gasteiger partial charge >= 0.3 is 0 Å². The Balaban J connectivity index is 2.96. The van der Waals surface area contributed by atoms with Crippen LogP contribution in [0.5, 0.6) is 5.88 Å². The van der Waals surface area contributed by atoms with Crippen molar-refractivity contribution in [1.29, 1.82) is 0 Å². The lowest BCUT2D eigenvalue weighted by Gasteiger charge is -2.06. The molecule has 0 aliphatic rings. The fourth-order valence-corrected chi connectivity index (χ4v) is 1.50. The van der Waals surface area contributed by atoms with Gasteiger partial charge in [-0.15, -0.1) is 5.10 Å². The van der Waals surface area contributed by atoms with Crippen molar-refractivity contribution in [2.45, 2.75) is 40.7 Å². The molecule has 0 aliphatic heterocycles. The van der Waals surface area contributed by atoms with E-state index < -0.39 is 0 Å². The van der Waals surface area contributed by atoms with Crippen LogP contribution in [0.4, 0.5) is 0 Å². The molecule has 0 atom stereocenters. The van der Waals surface area contributed by atoms with Crippen molar-refractivity contribution < 1.29 is 5.11 Å². The lowest BCUT2D eigenvalue weighted by molar-refractivity contribution is 0.416. The largest absolute Gasteiger partial charge is 0.492 e. The zero-order chi connectivity index (χ0) is 10.0. The zero-order valence-corrected chi connectivity index (χ0v) is 8.83. The van der Waals surface area contributed by atoms with E-state index in [1.807, 2.05) is 18.5 Å². The third-order valence-electron chi connectivity index (χ3n) is 2.20. The predicted molar refractivity (Wildman–Crippen MR) is 52.8 cm³/mol. The third kappa shape index (κ3) is 2.02. The van der Waals surface area contributed by atoms with Crippen LogP contribution in [0, 0.1) is 12.8 Å². The van der Waals surface area contributed by atoms with Crippen LogP contribution in [0.25, 0.3) is 0 Å². The Morgan fingerprint density at radius 3 is 2.46 bits per heavy atom. The SMILES string of the molecule is CCc1c(O)nn(CC(C)C)c1C. The quantitative estimate of drug-likeness (QED) is 0.777. The standard InChI is InChI=1S/C10H18N2O/c1-5-9-8(4)12(6-7(2)3)11-10(9)13/h7H,5-6H2,1-4H3,(H,11,13). The highest BCUT2D eigenvalue weighted by atomic mass is 16.3. The topological polar surface area (TPSA) is 38.1 Å². The van der Waals surface area contributed by atoms with Gasteiger partial charge in [0.2, 0.25) is 5.88 Å². The summed E-state index contributed by atoms with van der Waals surface area (Å²) in [6.07, 6.45) is 0.843. The molecular weight excluding hydrogens is 164 g/mol. The molecule has 1 aromatic heterocycles. The van der Waals surface area contributed by atoms with E-state index in [4.69, 9.17) is 0 Å². The van der Waals surface area contributed by atoms with E-state index in [1.165, 1.54) is 0 Å². The maximum atomic E-state index is 9.49. The monoisotopic (exact) mass is 182 g/mol. The molecule has 0 amide bonds. The van der Waals surface area contributed by atoms with Gasteiger partial charge in [0.1, 0.15) is 0 Å². The molecule has 1 N–H and O–H groups in total. The fourth-order valence-electron chi connectivity index (χ4n) is 1.50. The minimum Gasteiger partial charge on any atom is -0.492 e. The van der Waals surface area contributed by atoms with E-state index in [9.17, 15) is 5.11 Å². The molecule has 0 saturated heterocycles. The second-order valence-electron chi connectivity index (χ2n) is 3.82. The van der Waals surface area contributed by atoms with E-state index >= 15 is 0 Å². The van der Waals surface area contributed by atoms with E-state index in [0.717, 1.165) is 24.2 Å². The first-order chi connectivity index (χ1) is 6.06. The normalized spacial score (nSPS) is 11.2. The highest BCUT2D eigenvalue weighted by molar-refractivity contribution is 5.29. The summed E-state index contributed by atoms with van der Waals surface area (Å²) in [5.74, 6) is 0.753. The number of hydrogen-bond acceptors (Lipinski definition) is 2. The van der Waals surface area contributed by atoms with Gasteiger partial charge in [0, 0.05) is 17.8 Å². The molecule has 0 bridgehead atoms. The van der Waals surface area contributed by atoms with Crippen LogP contribution < -0.4 is 0 Å². The Labute approximate surface area is 79.4 Å². The van der Waals surface area contributed by atoms with Crippen LogP contribution in [0.3, 0.4) is 0 Å². The molecule has 0 aromatic carbocycles. The van der Waals surface area contributed by atoms with Gasteiger partial charge < -0.3 is 5.11 Å². The van der Waals surface area contributed by atoms with Crippen LogP contribution in [0.15, 0.2) is 0 Å². The minimum absolute atomic E-state index is 0.195. The Morgan fingerprint density at radius 1 is 1.46 bits per heavy atom. The molecule has 1 rings (SSSR count). The summed E-state index contributed by atoms with van der Waals surface area (Å²) < 4.78 is 1.89. The first-order valence-electron chi connectivity index (χ1n) is 4.81. The lowest BCUT2D eigenvalue weighted by Crippen LogP contribution is -2.07. The summed E-state index contributed by atoms with van der Waals surface area (Å²) in [6, 6.07) is 0. The molecule has 0 saturated carbocycles. The number of aromatic nitrogens is 2. The van der Waals surface area contributed by atoms with E-state index in [0.29, 0.717) is 5.92 Å². The summed E-state index contributed by atoms with van der Waals surface area (Å²) in [5.41, 5.74) is 2.06. The van der Waals surface area contributed by atoms with Crippen molar-refractivity contribution in [3.05, 3.63) is 11.3 Å². The summed E-state index contributed by atoms with van der Waals surface area (Å²) in [7, 11) is 0. The van der Waals surface area contributed by atoms with Crippen molar-refractivity contribution in [1.82, 2.24) is 9.78 Å². The molecule has 0 fully saturated rings. The van der Waals surface area contributed by atoms with Gasteiger partial charge in [-0.3, -0.25) is 4.68 Å². The first kappa shape index (κ1) is 10.1. The van der Waals surface area contributed by atoms with Crippen molar-refractivity contribution in [3.63, 3.8) is 0 Å². The van der Waals surface area contributed by atoms with Crippen LogP contribution in [0.1, 0.15) is 32.0 Å². The van der Waals surface area contributed by atoms with Gasteiger partial charge in [-0.2, -0.15) is 0 Å². The number of hydrogen-bond donors (Lipinski definition) is 1. The lowest BCUT2D eigenvalue weighted by atomic mass is 10.2. The Hall–Kier alpha value is -0.990. The highest BCUT2D eigenvalue weighted by Gasteiger charge is 2.12. The highest BCUT2D eigenvalue weighted by Crippen LogP contribution is 2.20. The fraction of sp³-hybridized carbons (Fsp3) is 0.700. The summed E-state index contributed by atoms with van der Waals surface area (Å²) in [4.78, 5) is 0. The minimum atomic E-state index is 0.195.